The van der Waals surface area contributed by atoms with Gasteiger partial charge in [-0.25, -0.2) is 0 Å². The second-order valence-corrected chi connectivity index (χ2v) is 1.79. The number of tetrazole rings is 1. The van der Waals surface area contributed by atoms with E-state index in [9.17, 15) is 0 Å². The Balaban J connectivity index is 0. The van der Waals surface area contributed by atoms with E-state index in [4.69, 9.17) is 12.2 Å². The van der Waals surface area contributed by atoms with Gasteiger partial charge in [0.15, 0.2) is 0 Å². The molecule has 2 N–H and O–H groups in total. The molecule has 1 rings (SSSR count). The number of hydrogen-bond donors (Lipinski definition) is 2. The molecule has 0 aliphatic heterocycles. The fourth-order valence-electron chi connectivity index (χ4n) is 0.458. The third-order valence-corrected chi connectivity index (χ3v) is 1.05. The van der Waals surface area contributed by atoms with Gasteiger partial charge >= 0.3 is 29.6 Å². The van der Waals surface area contributed by atoms with Crippen LogP contribution in [-0.4, -0.2) is 26.9 Å². The fraction of sp³-hybridized carbons (Fsp3) is 0.667. The first kappa shape index (κ1) is 10.1. The molecule has 1 aromatic heterocycles. The van der Waals surface area contributed by atoms with Crippen molar-refractivity contribution < 1.29 is 31.0 Å². The van der Waals surface area contributed by atoms with E-state index in [-0.39, 0.29) is 31.0 Å². The van der Waals surface area contributed by atoms with Crippen LogP contribution in [0.5, 0.6) is 0 Å². The zero-order chi connectivity index (χ0) is 6.69. The van der Waals surface area contributed by atoms with Crippen LogP contribution >= 0.6 is 12.2 Å². The smallest absolute Gasteiger partial charge is 1.00 e. The van der Waals surface area contributed by atoms with Crippen molar-refractivity contribution in [3.05, 3.63) is 4.77 Å². The van der Waals surface area contributed by atoms with Crippen LogP contribution in [0.25, 0.3) is 0 Å². The van der Waals surface area contributed by atoms with Crippen molar-refractivity contribution in [3.63, 3.8) is 0 Å². The molecule has 52 valence electrons. The first-order valence-corrected chi connectivity index (χ1v) is 2.99. The Morgan fingerprint density at radius 3 is 3.00 bits per heavy atom. The predicted molar refractivity (Wildman–Crippen MR) is 36.2 cm³/mol. The fourth-order valence-corrected chi connectivity index (χ4v) is 0.605. The molecule has 0 saturated heterocycles. The van der Waals surface area contributed by atoms with E-state index in [0.29, 0.717) is 4.77 Å². The van der Waals surface area contributed by atoms with E-state index in [1.165, 1.54) is 4.79 Å². The van der Waals surface area contributed by atoms with E-state index in [2.05, 4.69) is 21.0 Å². The summed E-state index contributed by atoms with van der Waals surface area (Å²) in [6, 6.07) is 0. The Morgan fingerprint density at radius 2 is 2.60 bits per heavy atom. The predicted octanol–water partition coefficient (Wildman–Crippen LogP) is -2.98. The van der Waals surface area contributed by atoms with E-state index in [0.717, 1.165) is 6.54 Å². The van der Waals surface area contributed by atoms with Crippen LogP contribution in [0.1, 0.15) is 8.35 Å². The summed E-state index contributed by atoms with van der Waals surface area (Å²) in [4.78, 5) is 1.48. The number of aromatic amines is 1. The van der Waals surface area contributed by atoms with Crippen molar-refractivity contribution >= 4 is 12.2 Å². The Kier molecular flexibility index (Phi) is 4.88. The Hall–Kier alpha value is 0.0900. The molecule has 0 unspecified atom stereocenters. The molecule has 0 aromatic carbocycles. The number of nitrogens with zero attached hydrogens (tertiary/aromatic N) is 3. The van der Waals surface area contributed by atoms with Gasteiger partial charge in [0.2, 0.25) is 0 Å². The summed E-state index contributed by atoms with van der Waals surface area (Å²) in [7, 11) is 0. The van der Waals surface area contributed by atoms with Gasteiger partial charge in [0, 0.05) is 6.54 Å². The molecule has 0 atom stereocenters. The Bertz CT molecular complexity index is 234. The molecule has 0 fully saturated rings. The van der Waals surface area contributed by atoms with Gasteiger partial charge in [-0.1, -0.05) is 5.10 Å². The van der Waals surface area contributed by atoms with Crippen LogP contribution in [0, 0.1) is 4.77 Å². The van der Waals surface area contributed by atoms with Crippen molar-refractivity contribution in [3.8, 4) is 0 Å². The van der Waals surface area contributed by atoms with Gasteiger partial charge in [0.25, 0.3) is 4.77 Å². The summed E-state index contributed by atoms with van der Waals surface area (Å²) in [5.74, 6) is 0. The normalized spacial score (nSPS) is 8.50. The molecule has 10 heavy (non-hydrogen) atoms. The van der Waals surface area contributed by atoms with Crippen LogP contribution in [0.4, 0.5) is 0 Å². The van der Waals surface area contributed by atoms with Crippen molar-refractivity contribution in [1.29, 1.82) is 0 Å². The molecule has 1 heterocycles. The Labute approximate surface area is 86.9 Å². The minimum atomic E-state index is 0. The first-order valence-electron chi connectivity index (χ1n) is 2.58. The van der Waals surface area contributed by atoms with Gasteiger partial charge in [-0.3, -0.25) is 0 Å². The average Bonchev–Trinajstić information content (AvgIpc) is 2.18. The van der Waals surface area contributed by atoms with Gasteiger partial charge in [0.1, 0.15) is 0 Å². The van der Waals surface area contributed by atoms with Crippen LogP contribution in [-0.2, 0) is 0 Å². The number of nitrogens with one attached hydrogen (secondary N) is 2. The summed E-state index contributed by atoms with van der Waals surface area (Å²) in [6.07, 6.45) is 0. The second-order valence-electron chi connectivity index (χ2n) is 1.43. The van der Waals surface area contributed by atoms with Crippen molar-refractivity contribution in [2.24, 2.45) is 0 Å². The monoisotopic (exact) mass is 169 g/mol. The zero-order valence-corrected chi connectivity index (χ0v) is 8.77. The number of rotatable bonds is 2. The molecule has 0 saturated carbocycles. The maximum absolute atomic E-state index is 4.75. The Morgan fingerprint density at radius 1 is 1.90 bits per heavy atom. The molecule has 7 heteroatoms. The number of H-pyrrole nitrogens is 1. The van der Waals surface area contributed by atoms with Crippen molar-refractivity contribution in [2.45, 2.75) is 6.92 Å². The van der Waals surface area contributed by atoms with E-state index in [1.54, 1.807) is 0 Å². The molecule has 0 radical (unpaired) electrons. The SMILES string of the molecule is CCNn1[nH]nnc1=S.[H-].[Na+]. The minimum absolute atomic E-state index is 0. The summed E-state index contributed by atoms with van der Waals surface area (Å²) in [6.45, 7) is 2.75. The van der Waals surface area contributed by atoms with Crippen LogP contribution in [0.2, 0.25) is 0 Å². The topological polar surface area (TPSA) is 58.5 Å². The molecule has 0 spiro atoms. The first-order chi connectivity index (χ1) is 4.34. The number of aromatic nitrogens is 4. The summed E-state index contributed by atoms with van der Waals surface area (Å²) >= 11 is 4.75. The van der Waals surface area contributed by atoms with E-state index >= 15 is 0 Å². The van der Waals surface area contributed by atoms with Crippen LogP contribution in [0.15, 0.2) is 0 Å². The van der Waals surface area contributed by atoms with Gasteiger partial charge in [-0.05, 0) is 24.4 Å². The van der Waals surface area contributed by atoms with E-state index < -0.39 is 0 Å². The molecular formula is C3H8N5NaS. The van der Waals surface area contributed by atoms with Gasteiger partial charge in [-0.15, -0.1) is 0 Å². The third kappa shape index (κ3) is 2.37. The third-order valence-electron chi connectivity index (χ3n) is 0.788. The maximum Gasteiger partial charge on any atom is 1.00 e. The minimum Gasteiger partial charge on any atom is -1.00 e. The van der Waals surface area contributed by atoms with Crippen molar-refractivity contribution in [2.75, 3.05) is 12.0 Å². The largest absolute Gasteiger partial charge is 1.00 e. The number of hydrogen-bond acceptors (Lipinski definition) is 4. The molecule has 5 nitrogen and oxygen atoms in total. The molecular weight excluding hydrogens is 161 g/mol. The maximum atomic E-state index is 4.75. The molecule has 0 aliphatic rings. The molecule has 0 aliphatic carbocycles. The summed E-state index contributed by atoms with van der Waals surface area (Å²) in [5, 5.41) is 9.55. The standard InChI is InChI=1S/C3H7N5S.Na.H/c1-2-4-8-3(9)5-6-7-8;;/h4H,2H2,1H3,(H,5,7,9);;/q;+1;-1. The van der Waals surface area contributed by atoms with Gasteiger partial charge in [0.05, 0.1) is 0 Å². The van der Waals surface area contributed by atoms with Gasteiger partial charge in [-0.2, -0.15) is 10.0 Å². The summed E-state index contributed by atoms with van der Waals surface area (Å²) < 4.78 is 0.414. The quantitative estimate of drug-likeness (QED) is 0.366. The van der Waals surface area contributed by atoms with Crippen LogP contribution < -0.4 is 35.0 Å². The zero-order valence-electron chi connectivity index (χ0n) is 6.96. The van der Waals surface area contributed by atoms with Crippen molar-refractivity contribution in [1.82, 2.24) is 20.3 Å². The molecule has 0 bridgehead atoms. The molecule has 1 aromatic rings. The molecule has 0 amide bonds. The van der Waals surface area contributed by atoms with Gasteiger partial charge < -0.3 is 6.85 Å². The van der Waals surface area contributed by atoms with Crippen LogP contribution in [0.3, 0.4) is 0 Å². The van der Waals surface area contributed by atoms with E-state index in [1.807, 2.05) is 6.92 Å². The summed E-state index contributed by atoms with van der Waals surface area (Å²) in [5.41, 5.74) is 2.89. The second kappa shape index (κ2) is 4.84. The average molecular weight is 169 g/mol.